The lowest BCUT2D eigenvalue weighted by atomic mass is 10.1. The lowest BCUT2D eigenvalue weighted by molar-refractivity contribution is 0.0498. The van der Waals surface area contributed by atoms with E-state index < -0.39 is 0 Å². The van der Waals surface area contributed by atoms with Crippen LogP contribution in [0.5, 0.6) is 5.75 Å². The van der Waals surface area contributed by atoms with Crippen molar-refractivity contribution in [3.05, 3.63) is 29.3 Å². The minimum Gasteiger partial charge on any atom is -0.467 e. The molecule has 0 heterocycles. The molecule has 0 spiro atoms. The van der Waals surface area contributed by atoms with E-state index in [4.69, 9.17) is 9.47 Å². The summed E-state index contributed by atoms with van der Waals surface area (Å²) in [7, 11) is 1.63. The molecule has 1 aromatic rings. The highest BCUT2D eigenvalue weighted by Crippen LogP contribution is 2.23. The summed E-state index contributed by atoms with van der Waals surface area (Å²) in [6.07, 6.45) is 0. The maximum absolute atomic E-state index is 5.61. The third-order valence-corrected chi connectivity index (χ3v) is 2.48. The van der Waals surface area contributed by atoms with E-state index in [2.05, 4.69) is 44.3 Å². The van der Waals surface area contributed by atoms with Crippen LogP contribution < -0.4 is 10.1 Å². The van der Waals surface area contributed by atoms with Crippen molar-refractivity contribution in [3.8, 4) is 5.75 Å². The first-order valence-corrected chi connectivity index (χ1v) is 6.06. The average Bonchev–Trinajstić information content (AvgIpc) is 2.28. The highest BCUT2D eigenvalue weighted by atomic mass is 16.7. The molecular weight excluding hydrogens is 214 g/mol. The molecule has 0 aromatic heterocycles. The molecule has 0 bridgehead atoms. The highest BCUT2D eigenvalue weighted by Gasteiger charge is 2.06. The van der Waals surface area contributed by atoms with Gasteiger partial charge in [-0.15, -0.1) is 0 Å². The van der Waals surface area contributed by atoms with Crippen LogP contribution in [0.3, 0.4) is 0 Å². The Bertz CT molecular complexity index is 337. The van der Waals surface area contributed by atoms with Gasteiger partial charge in [0, 0.05) is 19.2 Å². The van der Waals surface area contributed by atoms with Crippen molar-refractivity contribution in [3.63, 3.8) is 0 Å². The molecule has 0 saturated heterocycles. The molecule has 0 fully saturated rings. The van der Waals surface area contributed by atoms with Gasteiger partial charge < -0.3 is 14.8 Å². The average molecular weight is 237 g/mol. The zero-order valence-electron chi connectivity index (χ0n) is 11.2. The Balaban J connectivity index is 2.65. The van der Waals surface area contributed by atoms with Crippen molar-refractivity contribution in [1.82, 2.24) is 5.32 Å². The molecule has 3 heteroatoms. The number of aryl methyl sites for hydroxylation is 1. The van der Waals surface area contributed by atoms with Crippen LogP contribution in [0.2, 0.25) is 0 Å². The van der Waals surface area contributed by atoms with Crippen LogP contribution in [-0.2, 0) is 11.3 Å². The van der Waals surface area contributed by atoms with Gasteiger partial charge in [-0.1, -0.05) is 32.0 Å². The molecule has 0 unspecified atom stereocenters. The fraction of sp³-hybridized carbons (Fsp3) is 0.571. The second-order valence-corrected chi connectivity index (χ2v) is 4.64. The zero-order chi connectivity index (χ0) is 12.7. The van der Waals surface area contributed by atoms with Gasteiger partial charge in [-0.25, -0.2) is 0 Å². The zero-order valence-corrected chi connectivity index (χ0v) is 11.2. The third-order valence-electron chi connectivity index (χ3n) is 2.48. The molecule has 0 saturated carbocycles. The van der Waals surface area contributed by atoms with E-state index in [9.17, 15) is 0 Å². The second-order valence-electron chi connectivity index (χ2n) is 4.64. The van der Waals surface area contributed by atoms with Crippen LogP contribution in [-0.4, -0.2) is 20.4 Å². The number of methoxy groups -OCH3 is 1. The van der Waals surface area contributed by atoms with Gasteiger partial charge in [-0.2, -0.15) is 0 Å². The first kappa shape index (κ1) is 14.0. The maximum atomic E-state index is 5.61. The molecule has 3 nitrogen and oxygen atoms in total. The van der Waals surface area contributed by atoms with Crippen molar-refractivity contribution in [2.45, 2.75) is 27.3 Å². The molecular formula is C14H23NO2. The predicted molar refractivity (Wildman–Crippen MR) is 70.2 cm³/mol. The molecule has 1 aromatic carbocycles. The molecule has 1 N–H and O–H groups in total. The van der Waals surface area contributed by atoms with Gasteiger partial charge in [0.2, 0.25) is 0 Å². The quantitative estimate of drug-likeness (QED) is 0.740. The van der Waals surface area contributed by atoms with Gasteiger partial charge in [0.05, 0.1) is 0 Å². The van der Waals surface area contributed by atoms with Crippen molar-refractivity contribution in [2.24, 2.45) is 5.92 Å². The van der Waals surface area contributed by atoms with E-state index in [1.165, 1.54) is 5.56 Å². The summed E-state index contributed by atoms with van der Waals surface area (Å²) in [5, 5.41) is 3.42. The van der Waals surface area contributed by atoms with Crippen molar-refractivity contribution in [2.75, 3.05) is 20.4 Å². The van der Waals surface area contributed by atoms with Crippen molar-refractivity contribution < 1.29 is 9.47 Å². The van der Waals surface area contributed by atoms with E-state index >= 15 is 0 Å². The van der Waals surface area contributed by atoms with E-state index in [1.54, 1.807) is 7.11 Å². The van der Waals surface area contributed by atoms with E-state index in [1.807, 2.05) is 0 Å². The Morgan fingerprint density at radius 3 is 2.71 bits per heavy atom. The van der Waals surface area contributed by atoms with Crippen molar-refractivity contribution in [1.29, 1.82) is 0 Å². The van der Waals surface area contributed by atoms with Crippen LogP contribution in [0, 0.1) is 12.8 Å². The number of hydrogen-bond acceptors (Lipinski definition) is 3. The first-order chi connectivity index (χ1) is 8.15. The number of hydrogen-bond donors (Lipinski definition) is 1. The van der Waals surface area contributed by atoms with Gasteiger partial charge in [0.1, 0.15) is 5.75 Å². The molecule has 17 heavy (non-hydrogen) atoms. The Hall–Kier alpha value is -1.06. The summed E-state index contributed by atoms with van der Waals surface area (Å²) >= 11 is 0. The van der Waals surface area contributed by atoms with E-state index in [-0.39, 0.29) is 0 Å². The maximum Gasteiger partial charge on any atom is 0.188 e. The monoisotopic (exact) mass is 237 g/mol. The Morgan fingerprint density at radius 2 is 2.06 bits per heavy atom. The third kappa shape index (κ3) is 4.75. The minimum absolute atomic E-state index is 0.294. The van der Waals surface area contributed by atoms with Gasteiger partial charge in [-0.05, 0) is 24.9 Å². The lowest BCUT2D eigenvalue weighted by Crippen LogP contribution is -2.19. The SMILES string of the molecule is COCOc1c(C)cccc1CNCC(C)C. The summed E-state index contributed by atoms with van der Waals surface area (Å²) < 4.78 is 10.6. The smallest absolute Gasteiger partial charge is 0.188 e. The first-order valence-electron chi connectivity index (χ1n) is 6.06. The van der Waals surface area contributed by atoms with E-state index in [0.717, 1.165) is 24.4 Å². The van der Waals surface area contributed by atoms with Gasteiger partial charge >= 0.3 is 0 Å². The van der Waals surface area contributed by atoms with Gasteiger partial charge in [0.25, 0.3) is 0 Å². The number of ether oxygens (including phenoxy) is 2. The summed E-state index contributed by atoms with van der Waals surface area (Å²) in [6.45, 7) is 8.59. The summed E-state index contributed by atoms with van der Waals surface area (Å²) in [5.74, 6) is 1.59. The second kappa shape index (κ2) is 7.30. The normalized spacial score (nSPS) is 10.9. The van der Waals surface area contributed by atoms with E-state index in [0.29, 0.717) is 12.7 Å². The Morgan fingerprint density at radius 1 is 1.29 bits per heavy atom. The highest BCUT2D eigenvalue weighted by molar-refractivity contribution is 5.40. The molecule has 0 amide bonds. The van der Waals surface area contributed by atoms with Crippen molar-refractivity contribution >= 4 is 0 Å². The molecule has 0 aliphatic carbocycles. The van der Waals surface area contributed by atoms with Crippen LogP contribution in [0.1, 0.15) is 25.0 Å². The Labute approximate surface area is 104 Å². The summed E-state index contributed by atoms with van der Waals surface area (Å²) in [5.41, 5.74) is 2.33. The van der Waals surface area contributed by atoms with Crippen LogP contribution >= 0.6 is 0 Å². The summed E-state index contributed by atoms with van der Waals surface area (Å²) in [6, 6.07) is 6.20. The van der Waals surface area contributed by atoms with Crippen LogP contribution in [0.15, 0.2) is 18.2 Å². The molecule has 0 aliphatic rings. The standard InChI is InChI=1S/C14H23NO2/c1-11(2)8-15-9-13-7-5-6-12(3)14(13)17-10-16-4/h5-7,11,15H,8-10H2,1-4H3. The van der Waals surface area contributed by atoms with Crippen LogP contribution in [0.25, 0.3) is 0 Å². The molecule has 0 aliphatic heterocycles. The lowest BCUT2D eigenvalue weighted by Gasteiger charge is -2.14. The fourth-order valence-corrected chi connectivity index (χ4v) is 1.67. The molecule has 96 valence electrons. The number of benzene rings is 1. The number of para-hydroxylation sites is 1. The van der Waals surface area contributed by atoms with Crippen LogP contribution in [0.4, 0.5) is 0 Å². The minimum atomic E-state index is 0.294. The largest absolute Gasteiger partial charge is 0.467 e. The summed E-state index contributed by atoms with van der Waals surface area (Å²) in [4.78, 5) is 0. The Kier molecular flexibility index (Phi) is 6.01. The molecule has 1 rings (SSSR count). The topological polar surface area (TPSA) is 30.5 Å². The fourth-order valence-electron chi connectivity index (χ4n) is 1.67. The van der Waals surface area contributed by atoms with Gasteiger partial charge in [0.15, 0.2) is 6.79 Å². The number of rotatable bonds is 7. The predicted octanol–water partition coefficient (Wildman–Crippen LogP) is 2.72. The van der Waals surface area contributed by atoms with Gasteiger partial charge in [-0.3, -0.25) is 0 Å². The number of nitrogens with one attached hydrogen (secondary N) is 1. The molecule has 0 radical (unpaired) electrons. The molecule has 0 atom stereocenters.